The molecule has 1 N–H and O–H groups in total. The molecule has 8 nitrogen and oxygen atoms in total. The molecule has 1 fully saturated rings. The predicted octanol–water partition coefficient (Wildman–Crippen LogP) is 3.51. The fraction of sp³-hybridized carbons (Fsp3) is 0.318. The highest BCUT2D eigenvalue weighted by atomic mass is 127. The molecule has 0 radical (unpaired) electrons. The average molecular weight is 552 g/mol. The molecule has 1 aromatic carbocycles. The van der Waals surface area contributed by atoms with Gasteiger partial charge in [-0.25, -0.2) is 9.37 Å². The molecule has 0 atom stereocenters. The summed E-state index contributed by atoms with van der Waals surface area (Å²) in [4.78, 5) is 13.3. The van der Waals surface area contributed by atoms with E-state index in [-0.39, 0.29) is 29.8 Å². The standard InChI is InChI=1S/C22H25FN6O2.HI/c1-24-22(29-11-9-28(10-12-29)16-19-7-13-30-27-19)26-15-17-4-3-8-25-21(17)31-20-6-2-5-18(23)14-20;/h2-8,13-14H,9-12,15-16H2,1H3,(H,24,26);1H. The van der Waals surface area contributed by atoms with E-state index in [9.17, 15) is 4.39 Å². The third kappa shape index (κ3) is 6.39. The molecule has 0 aliphatic carbocycles. The van der Waals surface area contributed by atoms with Crippen LogP contribution in [0, 0.1) is 5.82 Å². The van der Waals surface area contributed by atoms with E-state index < -0.39 is 0 Å². The van der Waals surface area contributed by atoms with Crippen molar-refractivity contribution >= 4 is 29.9 Å². The van der Waals surface area contributed by atoms with E-state index in [1.807, 2.05) is 18.2 Å². The van der Waals surface area contributed by atoms with E-state index >= 15 is 0 Å². The largest absolute Gasteiger partial charge is 0.439 e. The fourth-order valence-corrected chi connectivity index (χ4v) is 3.47. The molecule has 32 heavy (non-hydrogen) atoms. The Morgan fingerprint density at radius 1 is 1.19 bits per heavy atom. The Hall–Kier alpha value is -2.73. The number of piperazine rings is 1. The van der Waals surface area contributed by atoms with Gasteiger partial charge in [-0.15, -0.1) is 24.0 Å². The number of nitrogens with one attached hydrogen (secondary N) is 1. The molecule has 0 unspecified atom stereocenters. The zero-order valence-electron chi connectivity index (χ0n) is 17.8. The van der Waals surface area contributed by atoms with Crippen molar-refractivity contribution in [3.8, 4) is 11.6 Å². The van der Waals surface area contributed by atoms with E-state index in [0.29, 0.717) is 18.2 Å². The molecule has 0 spiro atoms. The zero-order valence-corrected chi connectivity index (χ0v) is 20.1. The van der Waals surface area contributed by atoms with Gasteiger partial charge in [0.1, 0.15) is 17.8 Å². The van der Waals surface area contributed by atoms with Crippen molar-refractivity contribution in [2.45, 2.75) is 13.1 Å². The van der Waals surface area contributed by atoms with E-state index in [1.165, 1.54) is 12.1 Å². The number of ether oxygens (including phenoxy) is 1. The van der Waals surface area contributed by atoms with Gasteiger partial charge in [-0.1, -0.05) is 17.3 Å². The van der Waals surface area contributed by atoms with Gasteiger partial charge in [0.2, 0.25) is 5.88 Å². The maximum absolute atomic E-state index is 13.5. The van der Waals surface area contributed by atoms with Crippen LogP contribution in [0.3, 0.4) is 0 Å². The van der Waals surface area contributed by atoms with Crippen molar-refractivity contribution in [3.05, 3.63) is 72.0 Å². The number of halogens is 2. The molecule has 170 valence electrons. The molecule has 0 bridgehead atoms. The Bertz CT molecular complexity index is 1010. The molecule has 0 amide bonds. The molecule has 3 aromatic rings. The fourth-order valence-electron chi connectivity index (χ4n) is 3.47. The summed E-state index contributed by atoms with van der Waals surface area (Å²) in [6.45, 7) is 4.81. The summed E-state index contributed by atoms with van der Waals surface area (Å²) in [7, 11) is 1.78. The van der Waals surface area contributed by atoms with Gasteiger partial charge >= 0.3 is 0 Å². The topological polar surface area (TPSA) is 79.0 Å². The van der Waals surface area contributed by atoms with Gasteiger partial charge in [0, 0.05) is 70.2 Å². The van der Waals surface area contributed by atoms with E-state index in [0.717, 1.165) is 49.9 Å². The summed E-state index contributed by atoms with van der Waals surface area (Å²) in [5.74, 6) is 1.32. The summed E-state index contributed by atoms with van der Waals surface area (Å²) in [5, 5.41) is 7.37. The minimum absolute atomic E-state index is 0. The number of pyridine rings is 1. The molecular weight excluding hydrogens is 526 g/mol. The number of hydrogen-bond donors (Lipinski definition) is 1. The van der Waals surface area contributed by atoms with E-state index in [2.05, 4.69) is 30.2 Å². The first-order chi connectivity index (χ1) is 15.2. The van der Waals surface area contributed by atoms with Gasteiger partial charge in [0.25, 0.3) is 0 Å². The Morgan fingerprint density at radius 3 is 2.75 bits per heavy atom. The molecule has 10 heteroatoms. The van der Waals surface area contributed by atoms with Gasteiger partial charge in [0.15, 0.2) is 5.96 Å². The van der Waals surface area contributed by atoms with Crippen molar-refractivity contribution < 1.29 is 13.7 Å². The van der Waals surface area contributed by atoms with Gasteiger partial charge in [-0.05, 0) is 18.2 Å². The number of benzene rings is 1. The minimum Gasteiger partial charge on any atom is -0.439 e. The van der Waals surface area contributed by atoms with Crippen molar-refractivity contribution in [1.29, 1.82) is 0 Å². The molecule has 1 aliphatic heterocycles. The summed E-state index contributed by atoms with van der Waals surface area (Å²) >= 11 is 0. The molecule has 0 saturated carbocycles. The van der Waals surface area contributed by atoms with Crippen molar-refractivity contribution in [2.75, 3.05) is 33.2 Å². The van der Waals surface area contributed by atoms with Crippen LogP contribution in [0.5, 0.6) is 11.6 Å². The first kappa shape index (κ1) is 23.9. The maximum atomic E-state index is 13.5. The van der Waals surface area contributed by atoms with Gasteiger partial charge in [0.05, 0.1) is 5.69 Å². The summed E-state index contributed by atoms with van der Waals surface area (Å²) in [6, 6.07) is 11.7. The SMILES string of the molecule is CN=C(NCc1cccnc1Oc1cccc(F)c1)N1CCN(Cc2ccon2)CC1.I. The van der Waals surface area contributed by atoms with E-state index in [4.69, 9.17) is 9.26 Å². The van der Waals surface area contributed by atoms with Crippen LogP contribution in [0.1, 0.15) is 11.3 Å². The van der Waals surface area contributed by atoms with Gasteiger partial charge in [-0.2, -0.15) is 0 Å². The number of hydrogen-bond acceptors (Lipinski definition) is 6. The normalized spacial score (nSPS) is 14.7. The Labute approximate surface area is 203 Å². The lowest BCUT2D eigenvalue weighted by molar-refractivity contribution is 0.169. The Kier molecular flexibility index (Phi) is 8.80. The highest BCUT2D eigenvalue weighted by Gasteiger charge is 2.20. The number of nitrogens with zero attached hydrogens (tertiary/aromatic N) is 5. The lowest BCUT2D eigenvalue weighted by Crippen LogP contribution is -2.52. The Morgan fingerprint density at radius 2 is 2.03 bits per heavy atom. The van der Waals surface area contributed by atoms with Crippen LogP contribution >= 0.6 is 24.0 Å². The highest BCUT2D eigenvalue weighted by Crippen LogP contribution is 2.23. The second kappa shape index (κ2) is 11.8. The second-order valence-corrected chi connectivity index (χ2v) is 7.18. The molecule has 4 rings (SSSR count). The first-order valence-corrected chi connectivity index (χ1v) is 10.2. The van der Waals surface area contributed by atoms with Crippen molar-refractivity contribution in [3.63, 3.8) is 0 Å². The molecule has 2 aromatic heterocycles. The molecular formula is C22H26FIN6O2. The highest BCUT2D eigenvalue weighted by molar-refractivity contribution is 14.0. The minimum atomic E-state index is -0.351. The van der Waals surface area contributed by atoms with Gasteiger partial charge < -0.3 is 19.5 Å². The van der Waals surface area contributed by atoms with Crippen LogP contribution in [0.15, 0.2) is 64.4 Å². The summed E-state index contributed by atoms with van der Waals surface area (Å²) in [5.41, 5.74) is 1.80. The van der Waals surface area contributed by atoms with E-state index in [1.54, 1.807) is 31.6 Å². The monoisotopic (exact) mass is 552 g/mol. The smallest absolute Gasteiger partial charge is 0.224 e. The zero-order chi connectivity index (χ0) is 21.5. The lowest BCUT2D eigenvalue weighted by atomic mass is 10.2. The predicted molar refractivity (Wildman–Crippen MR) is 130 cm³/mol. The number of aliphatic imine (C=N–C) groups is 1. The number of guanidine groups is 1. The number of aromatic nitrogens is 2. The molecule has 1 aliphatic rings. The van der Waals surface area contributed by atoms with Gasteiger partial charge in [-0.3, -0.25) is 9.89 Å². The van der Waals surface area contributed by atoms with Crippen LogP contribution in [0.25, 0.3) is 0 Å². The van der Waals surface area contributed by atoms with Crippen LogP contribution in [-0.2, 0) is 13.1 Å². The summed E-state index contributed by atoms with van der Waals surface area (Å²) < 4.78 is 24.2. The number of rotatable bonds is 6. The Balaban J connectivity index is 0.00000289. The summed E-state index contributed by atoms with van der Waals surface area (Å²) in [6.07, 6.45) is 3.25. The third-order valence-electron chi connectivity index (χ3n) is 5.06. The van der Waals surface area contributed by atoms with Crippen LogP contribution in [0.2, 0.25) is 0 Å². The van der Waals surface area contributed by atoms with Crippen LogP contribution < -0.4 is 10.1 Å². The lowest BCUT2D eigenvalue weighted by Gasteiger charge is -2.36. The van der Waals surface area contributed by atoms with Crippen LogP contribution in [-0.4, -0.2) is 59.1 Å². The van der Waals surface area contributed by atoms with Crippen molar-refractivity contribution in [2.24, 2.45) is 4.99 Å². The quantitative estimate of drug-likeness (QED) is 0.285. The second-order valence-electron chi connectivity index (χ2n) is 7.18. The van der Waals surface area contributed by atoms with Crippen molar-refractivity contribution in [1.82, 2.24) is 25.3 Å². The third-order valence-corrected chi connectivity index (χ3v) is 5.06. The van der Waals surface area contributed by atoms with Crippen LogP contribution in [0.4, 0.5) is 4.39 Å². The molecule has 3 heterocycles. The average Bonchev–Trinajstić information content (AvgIpc) is 3.29. The molecule has 1 saturated heterocycles. The maximum Gasteiger partial charge on any atom is 0.224 e. The first-order valence-electron chi connectivity index (χ1n) is 10.2.